The monoisotopic (exact) mass is 367 g/mol. The predicted octanol–water partition coefficient (Wildman–Crippen LogP) is 4.70. The number of carbonyl (C=O) groups excluding carboxylic acids is 1. The Morgan fingerprint density at radius 3 is 2.48 bits per heavy atom. The summed E-state index contributed by atoms with van der Waals surface area (Å²) in [4.78, 5) is 13.0. The van der Waals surface area contributed by atoms with Crippen molar-refractivity contribution in [1.29, 1.82) is 5.26 Å². The first-order chi connectivity index (χ1) is 12.1. The van der Waals surface area contributed by atoms with E-state index in [4.69, 9.17) is 17.3 Å². The van der Waals surface area contributed by atoms with Crippen molar-refractivity contribution in [3.8, 4) is 6.07 Å². The van der Waals surface area contributed by atoms with Crippen LogP contribution >= 0.6 is 22.9 Å². The van der Waals surface area contributed by atoms with Gasteiger partial charge in [0, 0.05) is 17.1 Å². The molecule has 0 aliphatic rings. The summed E-state index contributed by atoms with van der Waals surface area (Å²) >= 11 is 7.05. The van der Waals surface area contributed by atoms with Crippen molar-refractivity contribution in [3.63, 3.8) is 0 Å². The normalized spacial score (nSPS) is 10.2. The number of nitriles is 1. The molecule has 0 bridgehead atoms. The average molecular weight is 368 g/mol. The van der Waals surface area contributed by atoms with E-state index in [9.17, 15) is 10.1 Å². The Balaban J connectivity index is 1.88. The zero-order valence-electron chi connectivity index (χ0n) is 13.1. The quantitative estimate of drug-likeness (QED) is 0.640. The third kappa shape index (κ3) is 3.66. The van der Waals surface area contributed by atoms with Gasteiger partial charge in [-0.1, -0.05) is 41.9 Å². The molecule has 0 unspecified atom stereocenters. The Hall–Kier alpha value is -2.81. The minimum atomic E-state index is -0.219. The van der Waals surface area contributed by atoms with Crippen LogP contribution in [0.25, 0.3) is 0 Å². The molecule has 0 atom stereocenters. The molecule has 0 saturated heterocycles. The van der Waals surface area contributed by atoms with Crippen molar-refractivity contribution in [2.45, 2.75) is 6.54 Å². The topological polar surface area (TPSA) is 78.9 Å². The molecule has 0 amide bonds. The summed E-state index contributed by atoms with van der Waals surface area (Å²) in [6, 6.07) is 18.5. The smallest absolute Gasteiger partial charge is 0.205 e. The third-order valence-electron chi connectivity index (χ3n) is 3.67. The second-order valence-corrected chi connectivity index (χ2v) is 6.79. The molecule has 1 heterocycles. The van der Waals surface area contributed by atoms with Crippen molar-refractivity contribution in [3.05, 3.63) is 81.2 Å². The van der Waals surface area contributed by atoms with Gasteiger partial charge < -0.3 is 11.1 Å². The lowest BCUT2D eigenvalue weighted by atomic mass is 10.1. The van der Waals surface area contributed by atoms with Gasteiger partial charge in [0.1, 0.15) is 21.5 Å². The number of benzene rings is 2. The molecule has 124 valence electrons. The van der Waals surface area contributed by atoms with Crippen molar-refractivity contribution < 1.29 is 4.79 Å². The first kappa shape index (κ1) is 17.0. The molecule has 1 aromatic heterocycles. The van der Waals surface area contributed by atoms with E-state index in [1.165, 1.54) is 11.3 Å². The van der Waals surface area contributed by atoms with Gasteiger partial charge in [-0.25, -0.2) is 0 Å². The summed E-state index contributed by atoms with van der Waals surface area (Å²) in [5.74, 6) is -0.219. The standard InChI is InChI=1S/C19H14ClN3OS/c20-14-8-6-13(7-9-14)17(24)18-16(22)15(10-21)19(25-18)23-11-12-4-2-1-3-5-12/h1-9,23H,11,22H2. The molecule has 25 heavy (non-hydrogen) atoms. The van der Waals surface area contributed by atoms with Crippen molar-refractivity contribution in [2.24, 2.45) is 0 Å². The Labute approximate surface area is 154 Å². The van der Waals surface area contributed by atoms with Gasteiger partial charge in [0.25, 0.3) is 0 Å². The highest BCUT2D eigenvalue weighted by atomic mass is 35.5. The maximum absolute atomic E-state index is 12.7. The summed E-state index contributed by atoms with van der Waals surface area (Å²) < 4.78 is 0. The number of hydrogen-bond acceptors (Lipinski definition) is 5. The van der Waals surface area contributed by atoms with E-state index in [0.29, 0.717) is 32.6 Å². The molecular formula is C19H14ClN3OS. The number of nitrogen functional groups attached to an aromatic ring is 1. The van der Waals surface area contributed by atoms with Crippen molar-refractivity contribution in [1.82, 2.24) is 0 Å². The molecular weight excluding hydrogens is 354 g/mol. The fourth-order valence-corrected chi connectivity index (χ4v) is 3.51. The minimum Gasteiger partial charge on any atom is -0.396 e. The maximum atomic E-state index is 12.7. The molecule has 0 aliphatic carbocycles. The van der Waals surface area contributed by atoms with Crippen LogP contribution in [0.2, 0.25) is 5.02 Å². The van der Waals surface area contributed by atoms with Crippen molar-refractivity contribution in [2.75, 3.05) is 11.1 Å². The number of thiophene rings is 1. The lowest BCUT2D eigenvalue weighted by Crippen LogP contribution is -2.02. The maximum Gasteiger partial charge on any atom is 0.205 e. The van der Waals surface area contributed by atoms with Crippen LogP contribution in [0.5, 0.6) is 0 Å². The highest BCUT2D eigenvalue weighted by Crippen LogP contribution is 2.36. The Morgan fingerprint density at radius 1 is 1.16 bits per heavy atom. The highest BCUT2D eigenvalue weighted by Gasteiger charge is 2.22. The average Bonchev–Trinajstić information content (AvgIpc) is 2.96. The van der Waals surface area contributed by atoms with E-state index in [2.05, 4.69) is 11.4 Å². The van der Waals surface area contributed by atoms with Crippen LogP contribution in [-0.2, 0) is 6.54 Å². The van der Waals surface area contributed by atoms with Crippen LogP contribution in [0.1, 0.15) is 26.4 Å². The lowest BCUT2D eigenvalue weighted by Gasteiger charge is -2.04. The van der Waals surface area contributed by atoms with E-state index in [-0.39, 0.29) is 11.5 Å². The summed E-state index contributed by atoms with van der Waals surface area (Å²) in [5.41, 5.74) is 8.12. The Kier molecular flexibility index (Phi) is 5.03. The molecule has 0 aliphatic heterocycles. The van der Waals surface area contributed by atoms with E-state index in [1.54, 1.807) is 24.3 Å². The molecule has 3 aromatic rings. The van der Waals surface area contributed by atoms with Crippen LogP contribution in [-0.4, -0.2) is 5.78 Å². The van der Waals surface area contributed by atoms with Crippen LogP contribution in [0.3, 0.4) is 0 Å². The van der Waals surface area contributed by atoms with Crippen molar-refractivity contribution >= 4 is 39.4 Å². The molecule has 0 radical (unpaired) electrons. The highest BCUT2D eigenvalue weighted by molar-refractivity contribution is 7.19. The van der Waals surface area contributed by atoms with Crippen LogP contribution in [0, 0.1) is 11.3 Å². The van der Waals surface area contributed by atoms with Gasteiger partial charge in [0.05, 0.1) is 5.69 Å². The molecule has 3 N–H and O–H groups in total. The fraction of sp³-hybridized carbons (Fsp3) is 0.0526. The number of nitrogens with one attached hydrogen (secondary N) is 1. The van der Waals surface area contributed by atoms with E-state index in [1.807, 2.05) is 30.3 Å². The van der Waals surface area contributed by atoms with Gasteiger partial charge in [-0.15, -0.1) is 11.3 Å². The number of rotatable bonds is 5. The minimum absolute atomic E-state index is 0.211. The van der Waals surface area contributed by atoms with Crippen LogP contribution < -0.4 is 11.1 Å². The number of hydrogen-bond donors (Lipinski definition) is 2. The first-order valence-electron chi connectivity index (χ1n) is 7.50. The molecule has 0 spiro atoms. The molecule has 2 aromatic carbocycles. The molecule has 0 fully saturated rings. The largest absolute Gasteiger partial charge is 0.396 e. The van der Waals surface area contributed by atoms with Gasteiger partial charge in [0.15, 0.2) is 0 Å². The predicted molar refractivity (Wildman–Crippen MR) is 102 cm³/mol. The molecule has 0 saturated carbocycles. The number of nitrogens with two attached hydrogens (primary N) is 1. The SMILES string of the molecule is N#Cc1c(NCc2ccccc2)sc(C(=O)c2ccc(Cl)cc2)c1N. The van der Waals surface area contributed by atoms with Gasteiger partial charge in [0.2, 0.25) is 5.78 Å². The van der Waals surface area contributed by atoms with E-state index >= 15 is 0 Å². The zero-order chi connectivity index (χ0) is 17.8. The summed E-state index contributed by atoms with van der Waals surface area (Å²) in [6.45, 7) is 0.546. The second kappa shape index (κ2) is 7.39. The van der Waals surface area contributed by atoms with E-state index < -0.39 is 0 Å². The van der Waals surface area contributed by atoms with E-state index in [0.717, 1.165) is 5.56 Å². The Morgan fingerprint density at radius 2 is 1.84 bits per heavy atom. The van der Waals surface area contributed by atoms with Crippen LogP contribution in [0.4, 0.5) is 10.7 Å². The van der Waals surface area contributed by atoms with Crippen LogP contribution in [0.15, 0.2) is 54.6 Å². The number of halogens is 1. The molecule has 3 rings (SSSR count). The summed E-state index contributed by atoms with van der Waals surface area (Å²) in [6.07, 6.45) is 0. The summed E-state index contributed by atoms with van der Waals surface area (Å²) in [5, 5.41) is 13.8. The fourth-order valence-electron chi connectivity index (χ4n) is 2.36. The molecule has 6 heteroatoms. The second-order valence-electron chi connectivity index (χ2n) is 5.34. The number of nitrogens with zero attached hydrogens (tertiary/aromatic N) is 1. The Bertz CT molecular complexity index is 943. The third-order valence-corrected chi connectivity index (χ3v) is 5.08. The molecule has 4 nitrogen and oxygen atoms in total. The van der Waals surface area contributed by atoms with Gasteiger partial charge >= 0.3 is 0 Å². The first-order valence-corrected chi connectivity index (χ1v) is 8.70. The zero-order valence-corrected chi connectivity index (χ0v) is 14.7. The van der Waals surface area contributed by atoms with Gasteiger partial charge in [-0.3, -0.25) is 4.79 Å². The van der Waals surface area contributed by atoms with Gasteiger partial charge in [-0.2, -0.15) is 5.26 Å². The number of anilines is 2. The van der Waals surface area contributed by atoms with Gasteiger partial charge in [-0.05, 0) is 29.8 Å². The number of carbonyl (C=O) groups is 1. The number of ketones is 1. The lowest BCUT2D eigenvalue weighted by molar-refractivity contribution is 0.104. The summed E-state index contributed by atoms with van der Waals surface area (Å²) in [7, 11) is 0.